The van der Waals surface area contributed by atoms with Gasteiger partial charge < -0.3 is 15.5 Å². The number of hydrogen-bond donors (Lipinski definition) is 2. The molecule has 1 atom stereocenters. The van der Waals surface area contributed by atoms with Crippen molar-refractivity contribution in [2.24, 2.45) is 5.73 Å². The molecule has 21 heavy (non-hydrogen) atoms. The first-order chi connectivity index (χ1) is 10.2. The fraction of sp³-hybridized carbons (Fsp3) is 0.312. The standard InChI is InChI=1S/C16H18N2O2S/c1-12(6-7-14-5-3-10-20-14)18-16(19)15-13(4-2-9-17)8-11-21-15/h3,5,8,10-12H,6-7,9,17H2,1H3,(H,18,19). The summed E-state index contributed by atoms with van der Waals surface area (Å²) < 4.78 is 5.28. The lowest BCUT2D eigenvalue weighted by atomic mass is 10.1. The number of thiophene rings is 1. The van der Waals surface area contributed by atoms with Gasteiger partial charge in [-0.15, -0.1) is 11.3 Å². The second-order valence-corrected chi connectivity index (χ2v) is 5.58. The van der Waals surface area contributed by atoms with Crippen LogP contribution in [-0.2, 0) is 6.42 Å². The molecule has 0 aliphatic rings. The Morgan fingerprint density at radius 3 is 3.10 bits per heavy atom. The molecule has 0 aromatic carbocycles. The van der Waals surface area contributed by atoms with Crippen molar-refractivity contribution in [3.63, 3.8) is 0 Å². The van der Waals surface area contributed by atoms with Crippen LogP contribution in [0.3, 0.4) is 0 Å². The summed E-state index contributed by atoms with van der Waals surface area (Å²) in [6.07, 6.45) is 3.29. The van der Waals surface area contributed by atoms with Crippen molar-refractivity contribution in [3.8, 4) is 11.8 Å². The number of nitrogens with one attached hydrogen (secondary N) is 1. The van der Waals surface area contributed by atoms with Gasteiger partial charge in [-0.05, 0) is 36.9 Å². The van der Waals surface area contributed by atoms with E-state index in [1.165, 1.54) is 11.3 Å². The van der Waals surface area contributed by atoms with Crippen LogP contribution in [-0.4, -0.2) is 18.5 Å². The molecular formula is C16H18N2O2S. The van der Waals surface area contributed by atoms with Crippen molar-refractivity contribution in [3.05, 3.63) is 46.0 Å². The van der Waals surface area contributed by atoms with Crippen molar-refractivity contribution >= 4 is 17.2 Å². The summed E-state index contributed by atoms with van der Waals surface area (Å²) in [7, 11) is 0. The second-order valence-electron chi connectivity index (χ2n) is 4.66. The molecule has 0 spiro atoms. The summed E-state index contributed by atoms with van der Waals surface area (Å²) in [5, 5.41) is 4.86. The van der Waals surface area contributed by atoms with Gasteiger partial charge in [0.05, 0.1) is 12.8 Å². The molecule has 2 aromatic rings. The first kappa shape index (κ1) is 15.4. The molecule has 0 saturated carbocycles. The number of furan rings is 1. The van der Waals surface area contributed by atoms with E-state index in [1.54, 1.807) is 6.26 Å². The summed E-state index contributed by atoms with van der Waals surface area (Å²) in [5.74, 6) is 6.54. The Labute approximate surface area is 128 Å². The third-order valence-corrected chi connectivity index (χ3v) is 3.89. The van der Waals surface area contributed by atoms with Gasteiger partial charge in [0.25, 0.3) is 5.91 Å². The molecule has 0 fully saturated rings. The van der Waals surface area contributed by atoms with Gasteiger partial charge in [-0.25, -0.2) is 0 Å². The maximum atomic E-state index is 12.2. The molecule has 2 aromatic heterocycles. The van der Waals surface area contributed by atoms with Crippen LogP contribution in [0.25, 0.3) is 0 Å². The largest absolute Gasteiger partial charge is 0.469 e. The van der Waals surface area contributed by atoms with E-state index < -0.39 is 0 Å². The molecule has 0 radical (unpaired) electrons. The van der Waals surface area contributed by atoms with Crippen LogP contribution in [0.15, 0.2) is 34.3 Å². The van der Waals surface area contributed by atoms with E-state index in [2.05, 4.69) is 17.2 Å². The minimum absolute atomic E-state index is 0.0695. The number of carbonyl (C=O) groups excluding carboxylic acids is 1. The van der Waals surface area contributed by atoms with Crippen LogP contribution in [0.1, 0.15) is 34.3 Å². The number of hydrogen-bond acceptors (Lipinski definition) is 4. The summed E-state index contributed by atoms with van der Waals surface area (Å²) in [5.41, 5.74) is 6.10. The van der Waals surface area contributed by atoms with Crippen molar-refractivity contribution in [1.29, 1.82) is 0 Å². The number of aryl methyl sites for hydroxylation is 1. The quantitative estimate of drug-likeness (QED) is 0.833. The minimum Gasteiger partial charge on any atom is -0.469 e. The number of amides is 1. The van der Waals surface area contributed by atoms with Crippen LogP contribution in [0.5, 0.6) is 0 Å². The summed E-state index contributed by atoms with van der Waals surface area (Å²) >= 11 is 1.39. The van der Waals surface area contributed by atoms with Crippen LogP contribution >= 0.6 is 11.3 Å². The molecule has 2 heterocycles. The van der Waals surface area contributed by atoms with Gasteiger partial charge in [-0.3, -0.25) is 4.79 Å². The van der Waals surface area contributed by atoms with E-state index in [0.29, 0.717) is 4.88 Å². The Kier molecular flexibility index (Phi) is 5.61. The monoisotopic (exact) mass is 302 g/mol. The van der Waals surface area contributed by atoms with Crippen molar-refractivity contribution in [2.45, 2.75) is 25.8 Å². The molecule has 3 N–H and O–H groups in total. The van der Waals surface area contributed by atoms with E-state index in [9.17, 15) is 4.79 Å². The Bertz CT molecular complexity index is 635. The van der Waals surface area contributed by atoms with Gasteiger partial charge in [0.2, 0.25) is 0 Å². The predicted molar refractivity (Wildman–Crippen MR) is 84.2 cm³/mol. The molecule has 1 unspecified atom stereocenters. The number of nitrogens with two attached hydrogens (primary N) is 1. The van der Waals surface area contributed by atoms with Gasteiger partial charge >= 0.3 is 0 Å². The molecule has 0 aliphatic heterocycles. The molecule has 5 heteroatoms. The number of carbonyl (C=O) groups is 1. The normalized spacial score (nSPS) is 11.5. The highest BCUT2D eigenvalue weighted by Gasteiger charge is 2.14. The maximum Gasteiger partial charge on any atom is 0.262 e. The van der Waals surface area contributed by atoms with Gasteiger partial charge in [0, 0.05) is 18.0 Å². The third kappa shape index (κ3) is 4.48. The highest BCUT2D eigenvalue weighted by molar-refractivity contribution is 7.12. The Hall–Kier alpha value is -2.03. The van der Waals surface area contributed by atoms with Crippen molar-refractivity contribution in [2.75, 3.05) is 6.54 Å². The predicted octanol–water partition coefficient (Wildman–Crippen LogP) is 2.40. The molecule has 2 rings (SSSR count). The fourth-order valence-electron chi connectivity index (χ4n) is 1.90. The molecule has 1 amide bonds. The molecule has 0 aliphatic carbocycles. The Balaban J connectivity index is 1.90. The Morgan fingerprint density at radius 1 is 1.52 bits per heavy atom. The molecule has 0 bridgehead atoms. The zero-order valence-electron chi connectivity index (χ0n) is 11.9. The Morgan fingerprint density at radius 2 is 2.38 bits per heavy atom. The lowest BCUT2D eigenvalue weighted by molar-refractivity contribution is 0.0942. The molecule has 0 saturated heterocycles. The van der Waals surface area contributed by atoms with Crippen molar-refractivity contribution < 1.29 is 9.21 Å². The molecular weight excluding hydrogens is 284 g/mol. The van der Waals surface area contributed by atoms with Gasteiger partial charge in [0.15, 0.2) is 0 Å². The van der Waals surface area contributed by atoms with Crippen LogP contribution < -0.4 is 11.1 Å². The minimum atomic E-state index is -0.0849. The smallest absolute Gasteiger partial charge is 0.262 e. The lowest BCUT2D eigenvalue weighted by Gasteiger charge is -2.12. The first-order valence-electron chi connectivity index (χ1n) is 6.80. The second kappa shape index (κ2) is 7.67. The van der Waals surface area contributed by atoms with Crippen LogP contribution in [0.4, 0.5) is 0 Å². The first-order valence-corrected chi connectivity index (χ1v) is 7.68. The van der Waals surface area contributed by atoms with E-state index >= 15 is 0 Å². The molecule has 110 valence electrons. The maximum absolute atomic E-state index is 12.2. The highest BCUT2D eigenvalue weighted by atomic mass is 32.1. The van der Waals surface area contributed by atoms with E-state index in [4.69, 9.17) is 10.2 Å². The number of rotatable bonds is 5. The summed E-state index contributed by atoms with van der Waals surface area (Å²) in [6, 6.07) is 5.72. The topological polar surface area (TPSA) is 68.3 Å². The van der Waals surface area contributed by atoms with E-state index in [-0.39, 0.29) is 18.5 Å². The zero-order valence-corrected chi connectivity index (χ0v) is 12.7. The summed E-state index contributed by atoms with van der Waals surface area (Å²) in [6.45, 7) is 2.27. The SMILES string of the molecule is CC(CCc1ccco1)NC(=O)c1sccc1C#CCN. The third-order valence-electron chi connectivity index (χ3n) is 2.98. The highest BCUT2D eigenvalue weighted by Crippen LogP contribution is 2.16. The average Bonchev–Trinajstić information content (AvgIpc) is 3.14. The van der Waals surface area contributed by atoms with E-state index in [1.807, 2.05) is 30.5 Å². The van der Waals surface area contributed by atoms with E-state index in [0.717, 1.165) is 24.2 Å². The van der Waals surface area contributed by atoms with Gasteiger partial charge in [-0.1, -0.05) is 11.8 Å². The molecule has 4 nitrogen and oxygen atoms in total. The lowest BCUT2D eigenvalue weighted by Crippen LogP contribution is -2.32. The summed E-state index contributed by atoms with van der Waals surface area (Å²) in [4.78, 5) is 12.9. The van der Waals surface area contributed by atoms with Crippen LogP contribution in [0, 0.1) is 11.8 Å². The van der Waals surface area contributed by atoms with Crippen LogP contribution in [0.2, 0.25) is 0 Å². The van der Waals surface area contributed by atoms with Gasteiger partial charge in [-0.2, -0.15) is 0 Å². The van der Waals surface area contributed by atoms with Gasteiger partial charge in [0.1, 0.15) is 10.6 Å². The fourth-order valence-corrected chi connectivity index (χ4v) is 2.66. The van der Waals surface area contributed by atoms with Crippen molar-refractivity contribution in [1.82, 2.24) is 5.32 Å². The average molecular weight is 302 g/mol. The zero-order chi connectivity index (χ0) is 15.1.